The highest BCUT2D eigenvalue weighted by atomic mass is 79.9. The van der Waals surface area contributed by atoms with Gasteiger partial charge < -0.3 is 10.6 Å². The van der Waals surface area contributed by atoms with Gasteiger partial charge in [0.25, 0.3) is 0 Å². The van der Waals surface area contributed by atoms with Crippen LogP contribution in [0.5, 0.6) is 0 Å². The highest BCUT2D eigenvalue weighted by molar-refractivity contribution is 9.10. The first-order valence-corrected chi connectivity index (χ1v) is 8.78. The summed E-state index contributed by atoms with van der Waals surface area (Å²) in [5, 5.41) is 11.8. The van der Waals surface area contributed by atoms with E-state index >= 15 is 0 Å². The van der Waals surface area contributed by atoms with E-state index in [1.165, 1.54) is 5.56 Å². The van der Waals surface area contributed by atoms with Crippen molar-refractivity contribution < 1.29 is 0 Å². The fourth-order valence-electron chi connectivity index (χ4n) is 2.11. The third kappa shape index (κ3) is 4.80. The van der Waals surface area contributed by atoms with E-state index in [4.69, 9.17) is 23.8 Å². The Bertz CT molecular complexity index is 831. The Hall–Kier alpha value is -1.89. The smallest absolute Gasteiger partial charge is 0.176 e. The molecule has 0 bridgehead atoms. The monoisotopic (exact) mass is 420 g/mol. The van der Waals surface area contributed by atoms with Crippen molar-refractivity contribution in [2.45, 2.75) is 6.54 Å². The number of nitrogens with one attached hydrogen (secondary N) is 2. The molecular weight excluding hydrogens is 408 g/mol. The van der Waals surface area contributed by atoms with Gasteiger partial charge in [-0.05, 0) is 54.2 Å². The third-order valence-electron chi connectivity index (χ3n) is 3.24. The fraction of sp³-hybridized carbons (Fsp3) is 0.0588. The molecule has 3 aromatic rings. The predicted octanol–water partition coefficient (Wildman–Crippen LogP) is 5.16. The predicted molar refractivity (Wildman–Crippen MR) is 107 cm³/mol. The van der Waals surface area contributed by atoms with Gasteiger partial charge in [0.1, 0.15) is 0 Å². The number of rotatable bonds is 4. The standard InChI is InChI=1S/C17H14BrClN4S/c18-13-3-1-12(2-4-13)11-23-10-9-16(22-23)21-17(24)20-15-7-5-14(19)6-8-15/h1-10H,11H2,(H2,20,21,22,24). The van der Waals surface area contributed by atoms with Crippen LogP contribution < -0.4 is 10.6 Å². The van der Waals surface area contributed by atoms with Crippen LogP contribution in [0.4, 0.5) is 11.5 Å². The molecule has 0 aliphatic rings. The molecule has 0 saturated heterocycles. The first-order chi connectivity index (χ1) is 11.6. The van der Waals surface area contributed by atoms with Crippen molar-refractivity contribution in [3.8, 4) is 0 Å². The van der Waals surface area contributed by atoms with E-state index in [-0.39, 0.29) is 0 Å². The molecule has 0 unspecified atom stereocenters. The zero-order chi connectivity index (χ0) is 16.9. The minimum atomic E-state index is 0.478. The van der Waals surface area contributed by atoms with E-state index in [2.05, 4.69) is 43.8 Å². The summed E-state index contributed by atoms with van der Waals surface area (Å²) in [7, 11) is 0. The van der Waals surface area contributed by atoms with Crippen molar-refractivity contribution in [2.75, 3.05) is 10.6 Å². The maximum atomic E-state index is 5.86. The summed E-state index contributed by atoms with van der Waals surface area (Å²) in [4.78, 5) is 0. The third-order valence-corrected chi connectivity index (χ3v) is 4.23. The summed E-state index contributed by atoms with van der Waals surface area (Å²) < 4.78 is 2.92. The highest BCUT2D eigenvalue weighted by Crippen LogP contribution is 2.14. The summed E-state index contributed by atoms with van der Waals surface area (Å²) in [5.74, 6) is 0.693. The summed E-state index contributed by atoms with van der Waals surface area (Å²) in [6, 6.07) is 17.4. The Morgan fingerprint density at radius 1 is 1.04 bits per heavy atom. The van der Waals surface area contributed by atoms with Crippen LogP contribution in [0.15, 0.2) is 65.3 Å². The maximum Gasteiger partial charge on any atom is 0.176 e. The van der Waals surface area contributed by atoms with Gasteiger partial charge in [-0.2, -0.15) is 5.10 Å². The number of thiocarbonyl (C=S) groups is 1. The molecule has 0 atom stereocenters. The number of hydrogen-bond donors (Lipinski definition) is 2. The Kier molecular flexibility index (Phi) is 5.50. The van der Waals surface area contributed by atoms with Crippen LogP contribution in [0, 0.1) is 0 Å². The van der Waals surface area contributed by atoms with Crippen LogP contribution in [0.3, 0.4) is 0 Å². The van der Waals surface area contributed by atoms with Gasteiger partial charge in [-0.15, -0.1) is 0 Å². The minimum Gasteiger partial charge on any atom is -0.332 e. The molecule has 1 heterocycles. The number of anilines is 2. The van der Waals surface area contributed by atoms with Crippen LogP contribution in [-0.2, 0) is 6.54 Å². The summed E-state index contributed by atoms with van der Waals surface area (Å²) in [5.41, 5.74) is 2.04. The largest absolute Gasteiger partial charge is 0.332 e. The lowest BCUT2D eigenvalue weighted by Crippen LogP contribution is -2.19. The fourth-order valence-corrected chi connectivity index (χ4v) is 2.72. The summed E-state index contributed by atoms with van der Waals surface area (Å²) in [6.45, 7) is 0.701. The van der Waals surface area contributed by atoms with E-state index in [0.29, 0.717) is 22.5 Å². The molecule has 0 saturated carbocycles. The Morgan fingerprint density at radius 2 is 1.75 bits per heavy atom. The van der Waals surface area contributed by atoms with Crippen molar-refractivity contribution in [3.63, 3.8) is 0 Å². The van der Waals surface area contributed by atoms with E-state index in [9.17, 15) is 0 Å². The first-order valence-electron chi connectivity index (χ1n) is 7.20. The van der Waals surface area contributed by atoms with E-state index in [1.807, 2.05) is 41.2 Å². The molecule has 3 rings (SSSR count). The number of aromatic nitrogens is 2. The quantitative estimate of drug-likeness (QED) is 0.571. The van der Waals surface area contributed by atoms with Crippen LogP contribution in [-0.4, -0.2) is 14.9 Å². The van der Waals surface area contributed by atoms with Crippen molar-refractivity contribution in [2.24, 2.45) is 0 Å². The van der Waals surface area contributed by atoms with Gasteiger partial charge in [0.15, 0.2) is 10.9 Å². The molecule has 4 nitrogen and oxygen atoms in total. The topological polar surface area (TPSA) is 41.9 Å². The Morgan fingerprint density at radius 3 is 2.46 bits per heavy atom. The molecule has 0 spiro atoms. The number of benzene rings is 2. The van der Waals surface area contributed by atoms with E-state index in [1.54, 1.807) is 12.1 Å². The van der Waals surface area contributed by atoms with Crippen LogP contribution in [0.1, 0.15) is 5.56 Å². The van der Waals surface area contributed by atoms with Crippen LogP contribution in [0.2, 0.25) is 5.02 Å². The normalized spacial score (nSPS) is 10.4. The SMILES string of the molecule is S=C(Nc1ccc(Cl)cc1)Nc1ccn(Cc2ccc(Br)cc2)n1. The molecule has 24 heavy (non-hydrogen) atoms. The first kappa shape index (κ1) is 17.0. The van der Waals surface area contributed by atoms with Gasteiger partial charge in [-0.3, -0.25) is 4.68 Å². The maximum absolute atomic E-state index is 5.86. The van der Waals surface area contributed by atoms with Crippen LogP contribution in [0.25, 0.3) is 0 Å². The second-order valence-corrected chi connectivity index (χ2v) is 6.87. The second kappa shape index (κ2) is 7.79. The number of halogens is 2. The van der Waals surface area contributed by atoms with Crippen molar-refractivity contribution >= 4 is 56.4 Å². The summed E-state index contributed by atoms with van der Waals surface area (Å²) in [6.07, 6.45) is 1.91. The molecule has 0 radical (unpaired) electrons. The van der Waals surface area contributed by atoms with Gasteiger partial charge in [-0.25, -0.2) is 0 Å². The van der Waals surface area contributed by atoms with Gasteiger partial charge in [0, 0.05) is 27.4 Å². The minimum absolute atomic E-state index is 0.478. The lowest BCUT2D eigenvalue weighted by molar-refractivity contribution is 0.690. The molecule has 0 amide bonds. The van der Waals surface area contributed by atoms with Gasteiger partial charge >= 0.3 is 0 Å². The Labute approximate surface area is 159 Å². The average Bonchev–Trinajstić information content (AvgIpc) is 2.99. The molecule has 7 heteroatoms. The summed E-state index contributed by atoms with van der Waals surface area (Å²) >= 11 is 14.6. The zero-order valence-electron chi connectivity index (χ0n) is 12.5. The molecule has 2 N–H and O–H groups in total. The van der Waals surface area contributed by atoms with Gasteiger partial charge in [-0.1, -0.05) is 39.7 Å². The van der Waals surface area contributed by atoms with Gasteiger partial charge in [0.2, 0.25) is 0 Å². The van der Waals surface area contributed by atoms with Crippen LogP contribution >= 0.6 is 39.7 Å². The van der Waals surface area contributed by atoms with E-state index < -0.39 is 0 Å². The van der Waals surface area contributed by atoms with Gasteiger partial charge in [0.05, 0.1) is 6.54 Å². The molecule has 0 aliphatic heterocycles. The molecule has 0 aliphatic carbocycles. The second-order valence-electron chi connectivity index (χ2n) is 5.11. The molecule has 122 valence electrons. The molecular formula is C17H14BrClN4S. The molecule has 2 aromatic carbocycles. The number of nitrogens with zero attached hydrogens (tertiary/aromatic N) is 2. The highest BCUT2D eigenvalue weighted by Gasteiger charge is 2.03. The number of hydrogen-bond acceptors (Lipinski definition) is 2. The lowest BCUT2D eigenvalue weighted by Gasteiger charge is -2.08. The Balaban J connectivity index is 1.58. The van der Waals surface area contributed by atoms with Crippen molar-refractivity contribution in [1.82, 2.24) is 9.78 Å². The average molecular weight is 422 g/mol. The van der Waals surface area contributed by atoms with E-state index in [0.717, 1.165) is 10.2 Å². The molecule has 1 aromatic heterocycles. The van der Waals surface area contributed by atoms with Crippen molar-refractivity contribution in [1.29, 1.82) is 0 Å². The zero-order valence-corrected chi connectivity index (χ0v) is 15.7. The lowest BCUT2D eigenvalue weighted by atomic mass is 10.2. The molecule has 0 fully saturated rings. The van der Waals surface area contributed by atoms with Crippen molar-refractivity contribution in [3.05, 3.63) is 75.9 Å².